The van der Waals surface area contributed by atoms with Crippen LogP contribution in [-0.4, -0.2) is 25.9 Å². The van der Waals surface area contributed by atoms with E-state index in [1.807, 2.05) is 18.2 Å². The first kappa shape index (κ1) is 16.9. The fraction of sp³-hybridized carbons (Fsp3) is 0.700. The van der Waals surface area contributed by atoms with Crippen molar-refractivity contribution in [1.82, 2.24) is 0 Å². The highest BCUT2D eigenvalue weighted by molar-refractivity contribution is 5.21. The van der Waals surface area contributed by atoms with Gasteiger partial charge in [0.15, 0.2) is 0 Å². The summed E-state index contributed by atoms with van der Waals surface area (Å²) in [5.74, 6) is -0.0246. The molecule has 128 valence electrons. The first-order valence-corrected chi connectivity index (χ1v) is 8.99. The summed E-state index contributed by atoms with van der Waals surface area (Å²) in [5, 5.41) is 0. The molecule has 1 aromatic carbocycles. The molecule has 1 aliphatic carbocycles. The smallest absolute Gasteiger partial charge is 0.219 e. The Kier molecular flexibility index (Phi) is 5.10. The predicted octanol–water partition coefficient (Wildman–Crippen LogP) is 4.51. The van der Waals surface area contributed by atoms with Gasteiger partial charge in [-0.25, -0.2) is 0 Å². The molecular weight excluding hydrogens is 288 g/mol. The Hall–Kier alpha value is -0.900. The Balaban J connectivity index is 1.66. The second kappa shape index (κ2) is 6.92. The molecule has 2 atom stereocenters. The average Bonchev–Trinajstić information content (AvgIpc) is 3.04. The Morgan fingerprint density at radius 1 is 1.17 bits per heavy atom. The van der Waals surface area contributed by atoms with E-state index < -0.39 is 5.79 Å². The van der Waals surface area contributed by atoms with Gasteiger partial charge in [0, 0.05) is 5.56 Å². The lowest BCUT2D eigenvalue weighted by molar-refractivity contribution is -0.216. The first-order chi connectivity index (χ1) is 11.0. The van der Waals surface area contributed by atoms with E-state index >= 15 is 0 Å². The molecule has 2 fully saturated rings. The molecule has 23 heavy (non-hydrogen) atoms. The van der Waals surface area contributed by atoms with E-state index in [1.54, 1.807) is 0 Å². The van der Waals surface area contributed by atoms with Crippen LogP contribution < -0.4 is 0 Å². The van der Waals surface area contributed by atoms with Crippen LogP contribution in [0.25, 0.3) is 0 Å². The third kappa shape index (κ3) is 3.62. The van der Waals surface area contributed by atoms with Crippen molar-refractivity contribution in [2.45, 2.75) is 58.3 Å². The van der Waals surface area contributed by atoms with Crippen molar-refractivity contribution >= 4 is 0 Å². The molecule has 1 heterocycles. The van der Waals surface area contributed by atoms with Crippen molar-refractivity contribution in [3.05, 3.63) is 35.9 Å². The third-order valence-corrected chi connectivity index (χ3v) is 5.84. The van der Waals surface area contributed by atoms with Crippen LogP contribution in [0.5, 0.6) is 0 Å². The van der Waals surface area contributed by atoms with Crippen molar-refractivity contribution in [3.8, 4) is 0 Å². The zero-order chi connectivity index (χ0) is 16.3. The lowest BCUT2D eigenvalue weighted by Gasteiger charge is -2.42. The summed E-state index contributed by atoms with van der Waals surface area (Å²) in [4.78, 5) is 0. The molecule has 3 nitrogen and oxygen atoms in total. The van der Waals surface area contributed by atoms with Gasteiger partial charge in [0.05, 0.1) is 19.3 Å². The largest absolute Gasteiger partial charge is 0.372 e. The van der Waals surface area contributed by atoms with Gasteiger partial charge in [-0.2, -0.15) is 0 Å². The number of benzene rings is 1. The molecule has 1 saturated heterocycles. The first-order valence-electron chi connectivity index (χ1n) is 8.99. The van der Waals surface area contributed by atoms with Gasteiger partial charge < -0.3 is 14.2 Å². The van der Waals surface area contributed by atoms with Gasteiger partial charge in [-0.15, -0.1) is 0 Å². The summed E-state index contributed by atoms with van der Waals surface area (Å²) < 4.78 is 18.3. The predicted molar refractivity (Wildman–Crippen MR) is 91.2 cm³/mol. The minimum absolute atomic E-state index is 0.310. The molecule has 0 bridgehead atoms. The normalized spacial score (nSPS) is 30.7. The standard InChI is InChI=1S/C20H30O3/c1-16(2)19(3)11-7-10-18(14-19)21-15-20(22-12-13-23-20)17-8-5-4-6-9-17/h4-6,8-9,16,18H,7,10-15H2,1-3H3. The molecule has 2 unspecified atom stereocenters. The van der Waals surface area contributed by atoms with Crippen LogP contribution in [0, 0.1) is 11.3 Å². The summed E-state index contributed by atoms with van der Waals surface area (Å²) in [7, 11) is 0. The Bertz CT molecular complexity index is 493. The van der Waals surface area contributed by atoms with E-state index in [1.165, 1.54) is 12.8 Å². The fourth-order valence-electron chi connectivity index (χ4n) is 3.83. The number of ether oxygens (including phenoxy) is 3. The highest BCUT2D eigenvalue weighted by Gasteiger charge is 2.41. The molecule has 0 spiro atoms. The molecule has 0 amide bonds. The second-order valence-electron chi connectivity index (χ2n) is 7.65. The number of rotatable bonds is 5. The molecule has 2 aliphatic rings. The molecule has 1 saturated carbocycles. The molecule has 0 aromatic heterocycles. The topological polar surface area (TPSA) is 27.7 Å². The maximum atomic E-state index is 6.32. The fourth-order valence-corrected chi connectivity index (χ4v) is 3.83. The quantitative estimate of drug-likeness (QED) is 0.799. The van der Waals surface area contributed by atoms with E-state index in [9.17, 15) is 0 Å². The van der Waals surface area contributed by atoms with Crippen LogP contribution in [0.2, 0.25) is 0 Å². The molecule has 1 aromatic rings. The van der Waals surface area contributed by atoms with E-state index in [0.29, 0.717) is 37.3 Å². The van der Waals surface area contributed by atoms with Crippen LogP contribution in [0.1, 0.15) is 52.0 Å². The summed E-state index contributed by atoms with van der Waals surface area (Å²) >= 11 is 0. The highest BCUT2D eigenvalue weighted by Crippen LogP contribution is 2.43. The van der Waals surface area contributed by atoms with Gasteiger partial charge in [-0.05, 0) is 30.6 Å². The van der Waals surface area contributed by atoms with E-state index in [0.717, 1.165) is 18.4 Å². The monoisotopic (exact) mass is 318 g/mol. The zero-order valence-electron chi connectivity index (χ0n) is 14.7. The zero-order valence-corrected chi connectivity index (χ0v) is 14.7. The molecule has 1 aliphatic heterocycles. The highest BCUT2D eigenvalue weighted by atomic mass is 16.8. The maximum absolute atomic E-state index is 6.32. The minimum atomic E-state index is -0.715. The van der Waals surface area contributed by atoms with Gasteiger partial charge in [-0.1, -0.05) is 57.5 Å². The average molecular weight is 318 g/mol. The van der Waals surface area contributed by atoms with Gasteiger partial charge in [0.2, 0.25) is 5.79 Å². The van der Waals surface area contributed by atoms with Crippen molar-refractivity contribution in [2.75, 3.05) is 19.8 Å². The van der Waals surface area contributed by atoms with Crippen LogP contribution in [0.15, 0.2) is 30.3 Å². The van der Waals surface area contributed by atoms with Gasteiger partial charge >= 0.3 is 0 Å². The summed E-state index contributed by atoms with van der Waals surface area (Å²) in [6, 6.07) is 10.2. The van der Waals surface area contributed by atoms with Crippen molar-refractivity contribution in [1.29, 1.82) is 0 Å². The van der Waals surface area contributed by atoms with E-state index in [-0.39, 0.29) is 0 Å². The second-order valence-corrected chi connectivity index (χ2v) is 7.65. The molecule has 3 heteroatoms. The van der Waals surface area contributed by atoms with Gasteiger partial charge in [0.25, 0.3) is 0 Å². The lowest BCUT2D eigenvalue weighted by atomic mass is 9.67. The summed E-state index contributed by atoms with van der Waals surface area (Å²) in [6.45, 7) is 8.81. The number of hydrogen-bond acceptors (Lipinski definition) is 3. The van der Waals surface area contributed by atoms with Crippen LogP contribution in [-0.2, 0) is 20.0 Å². The van der Waals surface area contributed by atoms with E-state index in [2.05, 4.69) is 32.9 Å². The Morgan fingerprint density at radius 2 is 1.87 bits per heavy atom. The van der Waals surface area contributed by atoms with Crippen LogP contribution in [0.3, 0.4) is 0 Å². The summed E-state index contributed by atoms with van der Waals surface area (Å²) in [6.07, 6.45) is 5.15. The molecule has 0 N–H and O–H groups in total. The Labute approximate surface area is 140 Å². The Morgan fingerprint density at radius 3 is 2.52 bits per heavy atom. The molecule has 3 rings (SSSR count). The summed E-state index contributed by atoms with van der Waals surface area (Å²) in [5.41, 5.74) is 1.44. The molecular formula is C20H30O3. The lowest BCUT2D eigenvalue weighted by Crippen LogP contribution is -2.39. The van der Waals surface area contributed by atoms with Crippen molar-refractivity contribution in [3.63, 3.8) is 0 Å². The maximum Gasteiger partial charge on any atom is 0.219 e. The number of hydrogen-bond donors (Lipinski definition) is 0. The van der Waals surface area contributed by atoms with Crippen molar-refractivity contribution < 1.29 is 14.2 Å². The molecule has 0 radical (unpaired) electrons. The van der Waals surface area contributed by atoms with Crippen LogP contribution >= 0.6 is 0 Å². The van der Waals surface area contributed by atoms with Gasteiger partial charge in [-0.3, -0.25) is 0 Å². The third-order valence-electron chi connectivity index (χ3n) is 5.84. The van der Waals surface area contributed by atoms with Gasteiger partial charge in [0.1, 0.15) is 6.61 Å². The van der Waals surface area contributed by atoms with Crippen LogP contribution in [0.4, 0.5) is 0 Å². The van der Waals surface area contributed by atoms with E-state index in [4.69, 9.17) is 14.2 Å². The SMILES string of the molecule is CC(C)C1(C)CCCC(OCC2(c3ccccc3)OCCO2)C1. The van der Waals surface area contributed by atoms with Crippen molar-refractivity contribution in [2.24, 2.45) is 11.3 Å². The minimum Gasteiger partial charge on any atom is -0.372 e.